The van der Waals surface area contributed by atoms with Crippen molar-refractivity contribution in [1.82, 2.24) is 5.32 Å². The van der Waals surface area contributed by atoms with Crippen LogP contribution in [0.2, 0.25) is 0 Å². The number of hydrogen-bond acceptors (Lipinski definition) is 6. The van der Waals surface area contributed by atoms with Gasteiger partial charge in [0, 0.05) is 5.38 Å². The number of ether oxygens (including phenoxy) is 1. The van der Waals surface area contributed by atoms with Crippen LogP contribution in [-0.2, 0) is 20.4 Å². The molecule has 0 aliphatic heterocycles. The fourth-order valence-corrected chi connectivity index (χ4v) is 3.98. The molecule has 1 unspecified atom stereocenters. The first kappa shape index (κ1) is 19.9. The number of carbonyl (C=O) groups is 2. The van der Waals surface area contributed by atoms with E-state index in [2.05, 4.69) is 5.32 Å². The van der Waals surface area contributed by atoms with Crippen molar-refractivity contribution in [1.29, 1.82) is 0 Å². The molecule has 4 N–H and O–H groups in total. The molecule has 0 bridgehead atoms. The molecule has 1 heterocycles. The average molecular weight is 398 g/mol. The van der Waals surface area contributed by atoms with E-state index < -0.39 is 27.4 Å². The third-order valence-corrected chi connectivity index (χ3v) is 6.11. The van der Waals surface area contributed by atoms with Crippen molar-refractivity contribution in [3.05, 3.63) is 46.8 Å². The number of benzene rings is 1. The standard InChI is InChI=1S/C16H18N2O6S2/c1-16(8-13(19)20,11-4-3-5-12(7-11)24-2)18-15(21)10-6-14(25-9-10)26(17,22)23/h3-7,9H,8H2,1-2H3,(H,18,21)(H,19,20)(H2,17,22,23). The topological polar surface area (TPSA) is 136 Å². The Morgan fingerprint density at radius 3 is 2.58 bits per heavy atom. The molecule has 0 saturated heterocycles. The van der Waals surface area contributed by atoms with Gasteiger partial charge in [-0.2, -0.15) is 0 Å². The van der Waals surface area contributed by atoms with Crippen LogP contribution in [-0.4, -0.2) is 32.5 Å². The van der Waals surface area contributed by atoms with Gasteiger partial charge in [0.2, 0.25) is 10.0 Å². The quantitative estimate of drug-likeness (QED) is 0.647. The van der Waals surface area contributed by atoms with Crippen LogP contribution in [0.1, 0.15) is 29.3 Å². The molecule has 1 atom stereocenters. The van der Waals surface area contributed by atoms with Crippen LogP contribution in [0, 0.1) is 0 Å². The van der Waals surface area contributed by atoms with E-state index in [-0.39, 0.29) is 16.2 Å². The molecular weight excluding hydrogens is 380 g/mol. The van der Waals surface area contributed by atoms with Crippen LogP contribution >= 0.6 is 11.3 Å². The van der Waals surface area contributed by atoms with Gasteiger partial charge in [-0.15, -0.1) is 11.3 Å². The van der Waals surface area contributed by atoms with Crippen molar-refractivity contribution in [2.75, 3.05) is 7.11 Å². The highest BCUT2D eigenvalue weighted by Gasteiger charge is 2.32. The maximum absolute atomic E-state index is 12.5. The SMILES string of the molecule is COc1cccc(C(C)(CC(=O)O)NC(=O)c2csc(S(N)(=O)=O)c2)c1. The minimum Gasteiger partial charge on any atom is -0.497 e. The summed E-state index contributed by atoms with van der Waals surface area (Å²) in [5.74, 6) is -1.20. The fourth-order valence-electron chi connectivity index (χ4n) is 2.39. The third kappa shape index (κ3) is 4.59. The Morgan fingerprint density at radius 2 is 2.04 bits per heavy atom. The highest BCUT2D eigenvalue weighted by Crippen LogP contribution is 2.29. The van der Waals surface area contributed by atoms with Crippen molar-refractivity contribution in [3.63, 3.8) is 0 Å². The summed E-state index contributed by atoms with van der Waals surface area (Å²) in [6.45, 7) is 1.57. The minimum atomic E-state index is -3.91. The molecular formula is C16H18N2O6S2. The second-order valence-corrected chi connectivity index (χ2v) is 8.49. The number of thiophene rings is 1. The first-order chi connectivity index (χ1) is 12.0. The van der Waals surface area contributed by atoms with Crippen molar-refractivity contribution in [3.8, 4) is 5.75 Å². The number of rotatable bonds is 7. The van der Waals surface area contributed by atoms with Crippen LogP contribution < -0.4 is 15.2 Å². The molecule has 2 rings (SSSR count). The first-order valence-electron chi connectivity index (χ1n) is 7.35. The summed E-state index contributed by atoms with van der Waals surface area (Å²) in [7, 11) is -2.43. The average Bonchev–Trinajstić information content (AvgIpc) is 3.04. The number of sulfonamides is 1. The second-order valence-electron chi connectivity index (χ2n) is 5.79. The largest absolute Gasteiger partial charge is 0.497 e. The molecule has 0 radical (unpaired) electrons. The maximum Gasteiger partial charge on any atom is 0.306 e. The van der Waals surface area contributed by atoms with Gasteiger partial charge in [0.15, 0.2) is 0 Å². The number of methoxy groups -OCH3 is 1. The zero-order valence-electron chi connectivity index (χ0n) is 14.1. The smallest absolute Gasteiger partial charge is 0.306 e. The molecule has 10 heteroatoms. The fraction of sp³-hybridized carbons (Fsp3) is 0.250. The summed E-state index contributed by atoms with van der Waals surface area (Å²) in [6, 6.07) is 7.84. The first-order valence-corrected chi connectivity index (χ1v) is 9.78. The lowest BCUT2D eigenvalue weighted by atomic mass is 9.88. The zero-order valence-corrected chi connectivity index (χ0v) is 15.7. The van der Waals surface area contributed by atoms with Crippen LogP contribution in [0.25, 0.3) is 0 Å². The summed E-state index contributed by atoms with van der Waals surface area (Å²) >= 11 is 0.816. The lowest BCUT2D eigenvalue weighted by molar-refractivity contribution is -0.138. The van der Waals surface area contributed by atoms with Gasteiger partial charge in [0.1, 0.15) is 9.96 Å². The Balaban J connectivity index is 2.36. The highest BCUT2D eigenvalue weighted by molar-refractivity contribution is 7.91. The Morgan fingerprint density at radius 1 is 1.35 bits per heavy atom. The lowest BCUT2D eigenvalue weighted by Gasteiger charge is -2.30. The van der Waals surface area contributed by atoms with Crippen LogP contribution in [0.5, 0.6) is 5.75 Å². The minimum absolute atomic E-state index is 0.0820. The van der Waals surface area contributed by atoms with E-state index in [9.17, 15) is 23.1 Å². The van der Waals surface area contributed by atoms with E-state index in [1.807, 2.05) is 0 Å². The van der Waals surface area contributed by atoms with Gasteiger partial charge in [-0.3, -0.25) is 9.59 Å². The molecule has 2 aromatic rings. The zero-order chi connectivity index (χ0) is 19.5. The summed E-state index contributed by atoms with van der Waals surface area (Å²) in [5.41, 5.74) is -0.616. The number of primary sulfonamides is 1. The lowest BCUT2D eigenvalue weighted by Crippen LogP contribution is -2.45. The molecule has 0 aliphatic carbocycles. The van der Waals surface area contributed by atoms with Gasteiger partial charge in [-0.05, 0) is 30.7 Å². The van der Waals surface area contributed by atoms with E-state index in [4.69, 9.17) is 9.88 Å². The monoisotopic (exact) mass is 398 g/mol. The van der Waals surface area contributed by atoms with Crippen molar-refractivity contribution >= 4 is 33.2 Å². The molecule has 0 spiro atoms. The Labute approximate surface area is 154 Å². The number of carbonyl (C=O) groups excluding carboxylic acids is 1. The number of nitrogens with one attached hydrogen (secondary N) is 1. The molecule has 1 amide bonds. The second kappa shape index (κ2) is 7.44. The van der Waals surface area contributed by atoms with Gasteiger partial charge < -0.3 is 15.2 Å². The van der Waals surface area contributed by atoms with Crippen molar-refractivity contribution < 1.29 is 27.9 Å². The molecule has 26 heavy (non-hydrogen) atoms. The van der Waals surface area contributed by atoms with Gasteiger partial charge in [0.05, 0.1) is 24.6 Å². The van der Waals surface area contributed by atoms with E-state index in [1.165, 1.54) is 12.5 Å². The molecule has 0 saturated carbocycles. The van der Waals surface area contributed by atoms with E-state index in [0.717, 1.165) is 17.4 Å². The predicted molar refractivity (Wildman–Crippen MR) is 95.8 cm³/mol. The molecule has 1 aromatic heterocycles. The van der Waals surface area contributed by atoms with Gasteiger partial charge in [0.25, 0.3) is 5.91 Å². The number of aliphatic carboxylic acids is 1. The van der Waals surface area contributed by atoms with Gasteiger partial charge in [-0.25, -0.2) is 13.6 Å². The highest BCUT2D eigenvalue weighted by atomic mass is 32.2. The molecule has 1 aromatic carbocycles. The number of carboxylic acids is 1. The van der Waals surface area contributed by atoms with Gasteiger partial charge in [-0.1, -0.05) is 12.1 Å². The predicted octanol–water partition coefficient (Wildman–Crippen LogP) is 1.52. The molecule has 0 aliphatic rings. The van der Waals surface area contributed by atoms with E-state index >= 15 is 0 Å². The van der Waals surface area contributed by atoms with Crippen LogP contribution in [0.3, 0.4) is 0 Å². The summed E-state index contributed by atoms with van der Waals surface area (Å²) in [4.78, 5) is 23.9. The summed E-state index contributed by atoms with van der Waals surface area (Å²) < 4.78 is 27.7. The Bertz CT molecular complexity index is 938. The van der Waals surface area contributed by atoms with Crippen molar-refractivity contribution in [2.24, 2.45) is 5.14 Å². The molecule has 0 fully saturated rings. The molecule has 140 valence electrons. The normalized spacial score (nSPS) is 13.7. The van der Waals surface area contributed by atoms with Crippen LogP contribution in [0.4, 0.5) is 0 Å². The summed E-state index contributed by atoms with van der Waals surface area (Å²) in [5, 5.41) is 18.3. The Hall–Kier alpha value is -2.43. The number of carboxylic acid groups (broad SMARTS) is 1. The van der Waals surface area contributed by atoms with Gasteiger partial charge >= 0.3 is 5.97 Å². The van der Waals surface area contributed by atoms with E-state index in [0.29, 0.717) is 11.3 Å². The maximum atomic E-state index is 12.5. The van der Waals surface area contributed by atoms with Crippen LogP contribution in [0.15, 0.2) is 39.9 Å². The number of amides is 1. The van der Waals surface area contributed by atoms with E-state index in [1.54, 1.807) is 31.2 Å². The molecule has 8 nitrogen and oxygen atoms in total. The van der Waals surface area contributed by atoms with Crippen molar-refractivity contribution in [2.45, 2.75) is 23.1 Å². The summed E-state index contributed by atoms with van der Waals surface area (Å²) in [6.07, 6.45) is -0.377. The number of hydrogen-bond donors (Lipinski definition) is 3. The number of nitrogens with two attached hydrogens (primary N) is 1. The third-order valence-electron chi connectivity index (χ3n) is 3.72. The Kier molecular flexibility index (Phi) is 5.69.